The third-order valence-electron chi connectivity index (χ3n) is 4.07. The van der Waals surface area contributed by atoms with Gasteiger partial charge >= 0.3 is 0 Å². The molecule has 2 heteroatoms. The first-order chi connectivity index (χ1) is 7.31. The molecule has 0 aliphatic heterocycles. The Bertz CT molecular complexity index is 225. The number of nitrogens with two attached hydrogens (primary N) is 1. The Kier molecular flexibility index (Phi) is 3.81. The molecule has 0 aromatic heterocycles. The monoisotopic (exact) mass is 208 g/mol. The molecule has 0 heterocycles. The molecule has 0 aromatic rings. The van der Waals surface area contributed by atoms with Crippen molar-refractivity contribution < 1.29 is 0 Å². The zero-order valence-electron chi connectivity index (χ0n) is 9.78. The van der Waals surface area contributed by atoms with Crippen LogP contribution in [0.2, 0.25) is 0 Å². The summed E-state index contributed by atoms with van der Waals surface area (Å²) < 4.78 is 0. The molecule has 0 aromatic carbocycles. The van der Waals surface area contributed by atoms with Gasteiger partial charge in [0.1, 0.15) is 0 Å². The highest BCUT2D eigenvalue weighted by atomic mass is 14.9. The summed E-state index contributed by atoms with van der Waals surface area (Å²) in [6.45, 7) is 4.31. The Morgan fingerprint density at radius 2 is 2.20 bits per heavy atom. The molecule has 2 aliphatic rings. The summed E-state index contributed by atoms with van der Waals surface area (Å²) in [6.07, 6.45) is 10.1. The first-order valence-electron chi connectivity index (χ1n) is 6.43. The summed E-state index contributed by atoms with van der Waals surface area (Å²) in [4.78, 5) is 0. The molecule has 3 N–H and O–H groups in total. The van der Waals surface area contributed by atoms with Crippen molar-refractivity contribution in [2.75, 3.05) is 13.1 Å². The summed E-state index contributed by atoms with van der Waals surface area (Å²) in [5.74, 6) is 2.65. The van der Waals surface area contributed by atoms with Crippen LogP contribution in [0, 0.1) is 17.8 Å². The molecule has 4 unspecified atom stereocenters. The highest BCUT2D eigenvalue weighted by molar-refractivity contribution is 5.11. The standard InChI is InChI=1S/C13H24N2/c1-10(15-7-3-2-6-14)13-9-11-4-5-12(13)8-11/h4-5,10-13,15H,2-3,6-9,14H2,1H3. The SMILES string of the molecule is CC(NCCCCN)C1CC2C=CC1C2. The maximum atomic E-state index is 5.48. The summed E-state index contributed by atoms with van der Waals surface area (Å²) in [6, 6.07) is 0.683. The predicted molar refractivity (Wildman–Crippen MR) is 64.6 cm³/mol. The van der Waals surface area contributed by atoms with E-state index in [1.807, 2.05) is 0 Å². The summed E-state index contributed by atoms with van der Waals surface area (Å²) >= 11 is 0. The van der Waals surface area contributed by atoms with Crippen molar-refractivity contribution in [2.24, 2.45) is 23.5 Å². The van der Waals surface area contributed by atoms with Gasteiger partial charge in [0.2, 0.25) is 0 Å². The molecule has 4 atom stereocenters. The second-order valence-corrected chi connectivity index (χ2v) is 5.18. The van der Waals surface area contributed by atoms with Gasteiger partial charge in [0.25, 0.3) is 0 Å². The molecule has 2 rings (SSSR count). The van der Waals surface area contributed by atoms with Crippen LogP contribution in [-0.2, 0) is 0 Å². The molecule has 0 radical (unpaired) electrons. The average Bonchev–Trinajstić information content (AvgIpc) is 2.85. The Morgan fingerprint density at radius 3 is 2.80 bits per heavy atom. The van der Waals surface area contributed by atoms with Gasteiger partial charge < -0.3 is 11.1 Å². The minimum absolute atomic E-state index is 0.683. The van der Waals surface area contributed by atoms with E-state index in [4.69, 9.17) is 5.73 Å². The fraction of sp³-hybridized carbons (Fsp3) is 0.846. The zero-order valence-corrected chi connectivity index (χ0v) is 9.78. The molecule has 0 spiro atoms. The smallest absolute Gasteiger partial charge is 0.00728 e. The minimum Gasteiger partial charge on any atom is -0.330 e. The number of allylic oxidation sites excluding steroid dienone is 2. The average molecular weight is 208 g/mol. The molecule has 15 heavy (non-hydrogen) atoms. The lowest BCUT2D eigenvalue weighted by atomic mass is 9.87. The van der Waals surface area contributed by atoms with E-state index < -0.39 is 0 Å². The van der Waals surface area contributed by atoms with Gasteiger partial charge in [-0.05, 0) is 63.5 Å². The molecule has 1 fully saturated rings. The second-order valence-electron chi connectivity index (χ2n) is 5.18. The first kappa shape index (κ1) is 11.2. The molecule has 2 aliphatic carbocycles. The normalized spacial score (nSPS) is 34.9. The van der Waals surface area contributed by atoms with Crippen LogP contribution < -0.4 is 11.1 Å². The second kappa shape index (κ2) is 5.13. The van der Waals surface area contributed by atoms with E-state index in [1.54, 1.807) is 0 Å². The van der Waals surface area contributed by atoms with Gasteiger partial charge in [0, 0.05) is 6.04 Å². The lowest BCUT2D eigenvalue weighted by Gasteiger charge is -2.26. The summed E-state index contributed by atoms with van der Waals surface area (Å²) in [7, 11) is 0. The van der Waals surface area contributed by atoms with Crippen LogP contribution in [0.5, 0.6) is 0 Å². The zero-order chi connectivity index (χ0) is 10.7. The lowest BCUT2D eigenvalue weighted by molar-refractivity contribution is 0.326. The van der Waals surface area contributed by atoms with Gasteiger partial charge in [0.05, 0.1) is 0 Å². The number of fused-ring (bicyclic) bond motifs is 2. The first-order valence-corrected chi connectivity index (χ1v) is 6.43. The molecule has 1 saturated carbocycles. The van der Waals surface area contributed by atoms with Gasteiger partial charge in [-0.25, -0.2) is 0 Å². The predicted octanol–water partition coefficient (Wildman–Crippen LogP) is 1.92. The van der Waals surface area contributed by atoms with E-state index in [9.17, 15) is 0 Å². The van der Waals surface area contributed by atoms with Crippen LogP contribution in [-0.4, -0.2) is 19.1 Å². The Morgan fingerprint density at radius 1 is 1.33 bits per heavy atom. The number of hydrogen-bond donors (Lipinski definition) is 2. The van der Waals surface area contributed by atoms with E-state index in [1.165, 1.54) is 19.3 Å². The van der Waals surface area contributed by atoms with Gasteiger partial charge in [-0.1, -0.05) is 12.2 Å². The number of nitrogens with one attached hydrogen (secondary N) is 1. The van der Waals surface area contributed by atoms with E-state index in [0.717, 1.165) is 37.3 Å². The molecular weight excluding hydrogens is 184 g/mol. The topological polar surface area (TPSA) is 38.0 Å². The van der Waals surface area contributed by atoms with Crippen molar-refractivity contribution in [3.8, 4) is 0 Å². The van der Waals surface area contributed by atoms with Crippen molar-refractivity contribution in [3.05, 3.63) is 12.2 Å². The van der Waals surface area contributed by atoms with Crippen molar-refractivity contribution >= 4 is 0 Å². The quantitative estimate of drug-likeness (QED) is 0.517. The largest absolute Gasteiger partial charge is 0.330 e. The van der Waals surface area contributed by atoms with Gasteiger partial charge in [-0.3, -0.25) is 0 Å². The lowest BCUT2D eigenvalue weighted by Crippen LogP contribution is -2.36. The van der Waals surface area contributed by atoms with Crippen molar-refractivity contribution in [3.63, 3.8) is 0 Å². The molecule has 0 saturated heterocycles. The molecule has 0 amide bonds. The highest BCUT2D eigenvalue weighted by Crippen LogP contribution is 2.44. The summed E-state index contributed by atoms with van der Waals surface area (Å²) in [5.41, 5.74) is 5.48. The van der Waals surface area contributed by atoms with E-state index in [2.05, 4.69) is 24.4 Å². The van der Waals surface area contributed by atoms with E-state index in [-0.39, 0.29) is 0 Å². The van der Waals surface area contributed by atoms with Crippen LogP contribution in [0.3, 0.4) is 0 Å². The van der Waals surface area contributed by atoms with Crippen molar-refractivity contribution in [1.82, 2.24) is 5.32 Å². The Hall–Kier alpha value is -0.340. The minimum atomic E-state index is 0.683. The van der Waals surface area contributed by atoms with Crippen LogP contribution in [0.1, 0.15) is 32.6 Å². The number of unbranched alkanes of at least 4 members (excludes halogenated alkanes) is 1. The fourth-order valence-electron chi connectivity index (χ4n) is 3.15. The number of hydrogen-bond acceptors (Lipinski definition) is 2. The van der Waals surface area contributed by atoms with Gasteiger partial charge in [-0.15, -0.1) is 0 Å². The van der Waals surface area contributed by atoms with E-state index >= 15 is 0 Å². The number of rotatable bonds is 6. The maximum absolute atomic E-state index is 5.48. The van der Waals surface area contributed by atoms with Crippen LogP contribution in [0.15, 0.2) is 12.2 Å². The molecule has 2 bridgehead atoms. The van der Waals surface area contributed by atoms with Crippen LogP contribution >= 0.6 is 0 Å². The third kappa shape index (κ3) is 2.61. The molecule has 2 nitrogen and oxygen atoms in total. The van der Waals surface area contributed by atoms with E-state index in [0.29, 0.717) is 6.04 Å². The van der Waals surface area contributed by atoms with Gasteiger partial charge in [0.15, 0.2) is 0 Å². The highest BCUT2D eigenvalue weighted by Gasteiger charge is 2.37. The Labute approximate surface area is 93.3 Å². The maximum Gasteiger partial charge on any atom is 0.00728 e. The van der Waals surface area contributed by atoms with Crippen LogP contribution in [0.25, 0.3) is 0 Å². The summed E-state index contributed by atoms with van der Waals surface area (Å²) in [5, 5.41) is 3.65. The third-order valence-corrected chi connectivity index (χ3v) is 4.07. The van der Waals surface area contributed by atoms with Crippen molar-refractivity contribution in [2.45, 2.75) is 38.6 Å². The molecule has 86 valence electrons. The fourth-order valence-corrected chi connectivity index (χ4v) is 3.15. The van der Waals surface area contributed by atoms with Crippen molar-refractivity contribution in [1.29, 1.82) is 0 Å². The molecular formula is C13H24N2. The van der Waals surface area contributed by atoms with Gasteiger partial charge in [-0.2, -0.15) is 0 Å². The Balaban J connectivity index is 1.68. The van der Waals surface area contributed by atoms with Crippen LogP contribution in [0.4, 0.5) is 0 Å².